The van der Waals surface area contributed by atoms with Crippen molar-refractivity contribution in [3.05, 3.63) is 52.3 Å². The first kappa shape index (κ1) is 14.2. The van der Waals surface area contributed by atoms with Crippen molar-refractivity contribution in [2.45, 2.75) is 19.4 Å². The molecule has 1 aromatic carbocycles. The lowest BCUT2D eigenvalue weighted by Gasteiger charge is -2.19. The minimum atomic E-state index is -0.224. The number of hydrogen-bond donors (Lipinski definition) is 1. The molecule has 1 unspecified atom stereocenters. The summed E-state index contributed by atoms with van der Waals surface area (Å²) in [6, 6.07) is 5.26. The third-order valence-electron chi connectivity index (χ3n) is 3.12. The number of rotatable bonds is 5. The number of aryl methyl sites for hydroxylation is 1. The van der Waals surface area contributed by atoms with Crippen LogP contribution >= 0.6 is 15.9 Å². The van der Waals surface area contributed by atoms with Crippen LogP contribution in [0.15, 0.2) is 35.2 Å². The van der Waals surface area contributed by atoms with Crippen LogP contribution in [0.3, 0.4) is 0 Å². The average molecular weight is 326 g/mol. The highest BCUT2D eigenvalue weighted by molar-refractivity contribution is 9.10. The van der Waals surface area contributed by atoms with E-state index in [1.165, 1.54) is 6.07 Å². The van der Waals surface area contributed by atoms with Gasteiger partial charge in [0.2, 0.25) is 0 Å². The number of likely N-dealkylation sites (N-methyl/N-ethyl adjacent to an activating group) is 1. The molecule has 5 heteroatoms. The standard InChI is InChI=1S/C14H17BrFN3/c1-3-18-12(13-8-17-9-19(13)2)7-10-5-4-6-11(16)14(10)15/h4-6,8-9,12,18H,3,7H2,1-2H3. The molecule has 3 nitrogen and oxygen atoms in total. The van der Waals surface area contributed by atoms with Crippen molar-refractivity contribution in [3.63, 3.8) is 0 Å². The van der Waals surface area contributed by atoms with Gasteiger partial charge in [-0.1, -0.05) is 19.1 Å². The fourth-order valence-electron chi connectivity index (χ4n) is 2.16. The molecule has 1 aromatic heterocycles. The van der Waals surface area contributed by atoms with E-state index in [1.807, 2.05) is 23.9 Å². The molecular weight excluding hydrogens is 309 g/mol. The Bertz CT molecular complexity index is 553. The summed E-state index contributed by atoms with van der Waals surface area (Å²) >= 11 is 3.32. The van der Waals surface area contributed by atoms with Crippen LogP contribution in [0.4, 0.5) is 4.39 Å². The Morgan fingerprint density at radius 2 is 2.26 bits per heavy atom. The average Bonchev–Trinajstić information content (AvgIpc) is 2.80. The molecule has 19 heavy (non-hydrogen) atoms. The maximum atomic E-state index is 13.6. The third kappa shape index (κ3) is 3.22. The maximum absolute atomic E-state index is 13.6. The highest BCUT2D eigenvalue weighted by atomic mass is 79.9. The lowest BCUT2D eigenvalue weighted by molar-refractivity contribution is 0.517. The van der Waals surface area contributed by atoms with Crippen molar-refractivity contribution in [2.24, 2.45) is 7.05 Å². The number of benzene rings is 1. The van der Waals surface area contributed by atoms with Crippen molar-refractivity contribution in [3.8, 4) is 0 Å². The fourth-order valence-corrected chi connectivity index (χ4v) is 2.58. The van der Waals surface area contributed by atoms with Gasteiger partial charge in [-0.3, -0.25) is 0 Å². The molecule has 2 rings (SSSR count). The second-order valence-electron chi connectivity index (χ2n) is 4.46. The molecule has 0 aliphatic carbocycles. The highest BCUT2D eigenvalue weighted by Gasteiger charge is 2.16. The highest BCUT2D eigenvalue weighted by Crippen LogP contribution is 2.25. The first-order chi connectivity index (χ1) is 9.13. The number of imidazole rings is 1. The summed E-state index contributed by atoms with van der Waals surface area (Å²) in [5, 5.41) is 3.42. The van der Waals surface area contributed by atoms with E-state index >= 15 is 0 Å². The first-order valence-corrected chi connectivity index (χ1v) is 7.05. The second kappa shape index (κ2) is 6.30. The summed E-state index contributed by atoms with van der Waals surface area (Å²) in [5.74, 6) is -0.224. The van der Waals surface area contributed by atoms with Gasteiger partial charge in [-0.05, 0) is 40.5 Å². The SMILES string of the molecule is CCNC(Cc1cccc(F)c1Br)c1cncn1C. The zero-order valence-electron chi connectivity index (χ0n) is 11.0. The molecule has 2 aromatic rings. The van der Waals surface area contributed by atoms with Crippen LogP contribution in [0.25, 0.3) is 0 Å². The number of aromatic nitrogens is 2. The number of nitrogens with zero attached hydrogens (tertiary/aromatic N) is 2. The van der Waals surface area contributed by atoms with Crippen LogP contribution < -0.4 is 5.32 Å². The predicted molar refractivity (Wildman–Crippen MR) is 77.4 cm³/mol. The summed E-state index contributed by atoms with van der Waals surface area (Å²) in [6.45, 7) is 2.91. The zero-order valence-corrected chi connectivity index (χ0v) is 12.6. The normalized spacial score (nSPS) is 12.6. The number of nitrogens with one attached hydrogen (secondary N) is 1. The Morgan fingerprint density at radius 3 is 2.89 bits per heavy atom. The monoisotopic (exact) mass is 325 g/mol. The van der Waals surface area contributed by atoms with Gasteiger partial charge in [0, 0.05) is 13.2 Å². The molecule has 0 spiro atoms. The molecule has 102 valence electrons. The minimum absolute atomic E-state index is 0.121. The van der Waals surface area contributed by atoms with Gasteiger partial charge in [-0.15, -0.1) is 0 Å². The molecule has 0 saturated heterocycles. The molecule has 1 N–H and O–H groups in total. The maximum Gasteiger partial charge on any atom is 0.137 e. The Balaban J connectivity index is 2.27. The van der Waals surface area contributed by atoms with Crippen LogP contribution in [0, 0.1) is 5.82 Å². The van der Waals surface area contributed by atoms with Crippen LogP contribution in [-0.4, -0.2) is 16.1 Å². The lowest BCUT2D eigenvalue weighted by atomic mass is 10.0. The Morgan fingerprint density at radius 1 is 1.47 bits per heavy atom. The Labute approximate surface area is 121 Å². The van der Waals surface area contributed by atoms with Crippen molar-refractivity contribution < 1.29 is 4.39 Å². The summed E-state index contributed by atoms with van der Waals surface area (Å²) in [7, 11) is 1.97. The molecule has 0 bridgehead atoms. The van der Waals surface area contributed by atoms with Gasteiger partial charge in [-0.25, -0.2) is 9.37 Å². The van der Waals surface area contributed by atoms with E-state index in [4.69, 9.17) is 0 Å². The summed E-state index contributed by atoms with van der Waals surface area (Å²) < 4.78 is 16.1. The van der Waals surface area contributed by atoms with E-state index in [-0.39, 0.29) is 11.9 Å². The van der Waals surface area contributed by atoms with E-state index < -0.39 is 0 Å². The van der Waals surface area contributed by atoms with Crippen molar-refractivity contribution in [2.75, 3.05) is 6.54 Å². The molecule has 0 radical (unpaired) electrons. The van der Waals surface area contributed by atoms with E-state index in [0.717, 1.165) is 17.8 Å². The molecule has 1 atom stereocenters. The van der Waals surface area contributed by atoms with Gasteiger partial charge in [-0.2, -0.15) is 0 Å². The smallest absolute Gasteiger partial charge is 0.137 e. The third-order valence-corrected chi connectivity index (χ3v) is 4.01. The van der Waals surface area contributed by atoms with E-state index in [1.54, 1.807) is 12.4 Å². The second-order valence-corrected chi connectivity index (χ2v) is 5.25. The summed E-state index contributed by atoms with van der Waals surface area (Å²) in [5.41, 5.74) is 2.05. The van der Waals surface area contributed by atoms with Crippen molar-refractivity contribution >= 4 is 15.9 Å². The van der Waals surface area contributed by atoms with Gasteiger partial charge in [0.15, 0.2) is 0 Å². The van der Waals surface area contributed by atoms with Gasteiger partial charge >= 0.3 is 0 Å². The molecular formula is C14H17BrFN3. The van der Waals surface area contributed by atoms with Crippen LogP contribution in [0.1, 0.15) is 24.2 Å². The van der Waals surface area contributed by atoms with E-state index in [9.17, 15) is 4.39 Å². The quantitative estimate of drug-likeness (QED) is 0.914. The van der Waals surface area contributed by atoms with Crippen molar-refractivity contribution in [1.82, 2.24) is 14.9 Å². The Hall–Kier alpha value is -1.20. The molecule has 0 aliphatic heterocycles. The number of halogens is 2. The van der Waals surface area contributed by atoms with Gasteiger partial charge in [0.05, 0.1) is 22.5 Å². The Kier molecular flexibility index (Phi) is 4.71. The number of hydrogen-bond acceptors (Lipinski definition) is 2. The van der Waals surface area contributed by atoms with Gasteiger partial charge in [0.1, 0.15) is 5.82 Å². The topological polar surface area (TPSA) is 29.9 Å². The zero-order chi connectivity index (χ0) is 13.8. The first-order valence-electron chi connectivity index (χ1n) is 6.26. The lowest BCUT2D eigenvalue weighted by Crippen LogP contribution is -2.25. The molecule has 1 heterocycles. The van der Waals surface area contributed by atoms with E-state index in [2.05, 4.69) is 33.2 Å². The predicted octanol–water partition coefficient (Wildman–Crippen LogP) is 3.22. The molecule has 0 amide bonds. The van der Waals surface area contributed by atoms with Gasteiger partial charge in [0.25, 0.3) is 0 Å². The van der Waals surface area contributed by atoms with Crippen molar-refractivity contribution in [1.29, 1.82) is 0 Å². The van der Waals surface area contributed by atoms with Crippen LogP contribution in [0.5, 0.6) is 0 Å². The van der Waals surface area contributed by atoms with Gasteiger partial charge < -0.3 is 9.88 Å². The van der Waals surface area contributed by atoms with E-state index in [0.29, 0.717) is 10.9 Å². The van der Waals surface area contributed by atoms with Crippen LogP contribution in [-0.2, 0) is 13.5 Å². The molecule has 0 saturated carbocycles. The molecule has 0 fully saturated rings. The largest absolute Gasteiger partial charge is 0.336 e. The summed E-state index contributed by atoms with van der Waals surface area (Å²) in [4.78, 5) is 4.14. The fraction of sp³-hybridized carbons (Fsp3) is 0.357. The molecule has 0 aliphatic rings. The summed E-state index contributed by atoms with van der Waals surface area (Å²) in [6.07, 6.45) is 4.34. The minimum Gasteiger partial charge on any atom is -0.336 e. The van der Waals surface area contributed by atoms with Crippen LogP contribution in [0.2, 0.25) is 0 Å².